The van der Waals surface area contributed by atoms with Crippen LogP contribution < -0.4 is 0 Å². The molecule has 0 aromatic heterocycles. The molecule has 8 nitrogen and oxygen atoms in total. The first kappa shape index (κ1) is 24.5. The minimum Gasteiger partial charge on any atom is -0.465 e. The van der Waals surface area contributed by atoms with Crippen LogP contribution in [0.2, 0.25) is 0 Å². The minimum atomic E-state index is -4.16. The quantitative estimate of drug-likeness (QED) is 0.308. The van der Waals surface area contributed by atoms with Gasteiger partial charge in [0.1, 0.15) is 6.04 Å². The molecular formula is C22H28N2O6S. The van der Waals surface area contributed by atoms with E-state index in [0.29, 0.717) is 0 Å². The van der Waals surface area contributed by atoms with Crippen molar-refractivity contribution in [2.45, 2.75) is 51.6 Å². The maximum absolute atomic E-state index is 13.6. The van der Waals surface area contributed by atoms with Crippen molar-refractivity contribution in [1.82, 2.24) is 4.31 Å². The van der Waals surface area contributed by atoms with E-state index in [1.54, 1.807) is 13.0 Å². The van der Waals surface area contributed by atoms with Crippen LogP contribution in [-0.4, -0.2) is 36.3 Å². The number of hydrogen-bond acceptors (Lipinski definition) is 6. The third-order valence-corrected chi connectivity index (χ3v) is 6.71. The summed E-state index contributed by atoms with van der Waals surface area (Å²) in [6.07, 6.45) is 0.275. The van der Waals surface area contributed by atoms with Gasteiger partial charge in [-0.2, -0.15) is 4.31 Å². The second-order valence-corrected chi connectivity index (χ2v) is 9.52. The van der Waals surface area contributed by atoms with Crippen molar-refractivity contribution in [3.63, 3.8) is 0 Å². The molecular weight excluding hydrogens is 420 g/mol. The summed E-state index contributed by atoms with van der Waals surface area (Å²) >= 11 is 0. The van der Waals surface area contributed by atoms with Crippen molar-refractivity contribution in [3.8, 4) is 0 Å². The first-order valence-corrected chi connectivity index (χ1v) is 11.5. The van der Waals surface area contributed by atoms with Gasteiger partial charge in [0, 0.05) is 18.7 Å². The summed E-state index contributed by atoms with van der Waals surface area (Å²) in [5.41, 5.74) is 1.43. The maximum Gasteiger partial charge on any atom is 0.324 e. The molecule has 0 bridgehead atoms. The molecule has 168 valence electrons. The van der Waals surface area contributed by atoms with Crippen LogP contribution in [-0.2, 0) is 26.1 Å². The zero-order chi connectivity index (χ0) is 23.2. The Morgan fingerprint density at radius 1 is 1.13 bits per heavy atom. The molecule has 1 atom stereocenters. The second kappa shape index (κ2) is 10.5. The number of rotatable bonds is 10. The Hall–Kier alpha value is -2.78. The van der Waals surface area contributed by atoms with Crippen molar-refractivity contribution in [2.75, 3.05) is 6.61 Å². The van der Waals surface area contributed by atoms with Gasteiger partial charge in [0.25, 0.3) is 5.69 Å². The number of esters is 1. The number of nitro groups is 1. The molecule has 2 aromatic rings. The van der Waals surface area contributed by atoms with Gasteiger partial charge in [-0.3, -0.25) is 14.9 Å². The first-order chi connectivity index (χ1) is 14.6. The zero-order valence-electron chi connectivity index (χ0n) is 18.1. The molecule has 0 saturated heterocycles. The molecule has 1 unspecified atom stereocenters. The van der Waals surface area contributed by atoms with Crippen LogP contribution in [0.5, 0.6) is 0 Å². The van der Waals surface area contributed by atoms with E-state index < -0.39 is 27.0 Å². The van der Waals surface area contributed by atoms with Crippen LogP contribution in [0, 0.1) is 23.0 Å². The first-order valence-electron chi connectivity index (χ1n) is 10.0. The molecule has 0 heterocycles. The normalized spacial score (nSPS) is 12.7. The highest BCUT2D eigenvalue weighted by Gasteiger charge is 2.37. The number of nitrogens with zero attached hydrogens (tertiary/aromatic N) is 2. The van der Waals surface area contributed by atoms with Crippen LogP contribution in [0.3, 0.4) is 0 Å². The van der Waals surface area contributed by atoms with E-state index in [2.05, 4.69) is 0 Å². The lowest BCUT2D eigenvalue weighted by molar-refractivity contribution is -0.384. The molecule has 2 aromatic carbocycles. The highest BCUT2D eigenvalue weighted by atomic mass is 32.2. The number of non-ortho nitro benzene ring substituents is 1. The molecule has 0 fully saturated rings. The number of aryl methyl sites for hydroxylation is 1. The summed E-state index contributed by atoms with van der Waals surface area (Å²) in [7, 11) is -4.16. The Morgan fingerprint density at radius 3 is 2.26 bits per heavy atom. The highest BCUT2D eigenvalue weighted by Crippen LogP contribution is 2.27. The number of nitro benzene ring substituents is 1. The van der Waals surface area contributed by atoms with Crippen molar-refractivity contribution in [3.05, 3.63) is 69.8 Å². The predicted octanol–water partition coefficient (Wildman–Crippen LogP) is 4.07. The monoisotopic (exact) mass is 448 g/mol. The maximum atomic E-state index is 13.6. The standard InChI is InChI=1S/C22H28N2O6S/c1-5-30-22(25)21(14-16(2)3)23(15-18-9-7-6-8-17(18)4)31(28,29)20-12-10-19(11-13-20)24(26)27/h6-13,16,21H,5,14-15H2,1-4H3. The molecule has 2 rings (SSSR count). The average Bonchev–Trinajstić information content (AvgIpc) is 2.71. The van der Waals surface area contributed by atoms with Gasteiger partial charge in [-0.1, -0.05) is 38.1 Å². The van der Waals surface area contributed by atoms with Gasteiger partial charge in [0.15, 0.2) is 0 Å². The van der Waals surface area contributed by atoms with E-state index in [1.165, 1.54) is 12.1 Å². The Bertz CT molecular complexity index is 1020. The van der Waals surface area contributed by atoms with E-state index in [4.69, 9.17) is 4.74 Å². The van der Waals surface area contributed by atoms with Crippen molar-refractivity contribution in [2.24, 2.45) is 5.92 Å². The fourth-order valence-electron chi connectivity index (χ4n) is 3.21. The minimum absolute atomic E-state index is 0.0256. The van der Waals surface area contributed by atoms with Gasteiger partial charge in [0.05, 0.1) is 16.4 Å². The average molecular weight is 449 g/mol. The molecule has 9 heteroatoms. The summed E-state index contributed by atoms with van der Waals surface area (Å²) in [5, 5.41) is 10.9. The number of sulfonamides is 1. The smallest absolute Gasteiger partial charge is 0.324 e. The third-order valence-electron chi connectivity index (χ3n) is 4.84. The van der Waals surface area contributed by atoms with Crippen molar-refractivity contribution >= 4 is 21.7 Å². The molecule has 0 saturated carbocycles. The molecule has 0 spiro atoms. The zero-order valence-corrected chi connectivity index (χ0v) is 19.0. The van der Waals surface area contributed by atoms with Gasteiger partial charge in [0.2, 0.25) is 10.0 Å². The van der Waals surface area contributed by atoms with Gasteiger partial charge >= 0.3 is 5.97 Å². The van der Waals surface area contributed by atoms with E-state index in [1.807, 2.05) is 39.0 Å². The summed E-state index contributed by atoms with van der Waals surface area (Å²) in [5.74, 6) is -0.587. The van der Waals surface area contributed by atoms with Crippen molar-refractivity contribution < 1.29 is 22.9 Å². The number of ether oxygens (including phenoxy) is 1. The SMILES string of the molecule is CCOC(=O)C(CC(C)C)N(Cc1ccccc1C)S(=O)(=O)c1ccc([N+](=O)[O-])cc1. The number of carbonyl (C=O) groups is 1. The van der Waals surface area contributed by atoms with Gasteiger partial charge < -0.3 is 4.74 Å². The lowest BCUT2D eigenvalue weighted by Gasteiger charge is -2.31. The Balaban J connectivity index is 2.59. The Labute approximate surface area is 183 Å². The van der Waals surface area contributed by atoms with Crippen LogP contribution in [0.4, 0.5) is 5.69 Å². The second-order valence-electron chi connectivity index (χ2n) is 7.63. The van der Waals surface area contributed by atoms with Crippen molar-refractivity contribution in [1.29, 1.82) is 0 Å². The van der Waals surface area contributed by atoms with E-state index in [9.17, 15) is 23.3 Å². The molecule has 0 radical (unpaired) electrons. The van der Waals surface area contributed by atoms with E-state index >= 15 is 0 Å². The third kappa shape index (κ3) is 6.11. The fourth-order valence-corrected chi connectivity index (χ4v) is 4.78. The number of hydrogen-bond donors (Lipinski definition) is 0. The van der Waals surface area contributed by atoms with E-state index in [0.717, 1.165) is 27.6 Å². The summed E-state index contributed by atoms with van der Waals surface area (Å²) in [6, 6.07) is 11.0. The Kier molecular flexibility index (Phi) is 8.29. The lowest BCUT2D eigenvalue weighted by Crippen LogP contribution is -2.46. The molecule has 0 amide bonds. The summed E-state index contributed by atoms with van der Waals surface area (Å²) < 4.78 is 33.6. The van der Waals surface area contributed by atoms with Gasteiger partial charge in [-0.25, -0.2) is 8.42 Å². The molecule has 0 N–H and O–H groups in total. The topological polar surface area (TPSA) is 107 Å². The predicted molar refractivity (Wildman–Crippen MR) is 117 cm³/mol. The highest BCUT2D eigenvalue weighted by molar-refractivity contribution is 7.89. The fraction of sp³-hybridized carbons (Fsp3) is 0.409. The van der Waals surface area contributed by atoms with Gasteiger partial charge in [-0.15, -0.1) is 0 Å². The van der Waals surface area contributed by atoms with E-state index in [-0.39, 0.29) is 36.1 Å². The lowest BCUT2D eigenvalue weighted by atomic mass is 10.0. The Morgan fingerprint density at radius 2 is 1.74 bits per heavy atom. The van der Waals surface area contributed by atoms with Crippen LogP contribution in [0.1, 0.15) is 38.3 Å². The molecule has 0 aliphatic heterocycles. The molecule has 0 aliphatic rings. The summed E-state index contributed by atoms with van der Waals surface area (Å²) in [6.45, 7) is 7.44. The number of benzene rings is 2. The largest absolute Gasteiger partial charge is 0.465 e. The molecule has 31 heavy (non-hydrogen) atoms. The van der Waals surface area contributed by atoms with Crippen LogP contribution in [0.25, 0.3) is 0 Å². The van der Waals surface area contributed by atoms with Crippen LogP contribution >= 0.6 is 0 Å². The number of carbonyl (C=O) groups excluding carboxylic acids is 1. The van der Waals surface area contributed by atoms with Gasteiger partial charge in [-0.05, 0) is 49.4 Å². The summed E-state index contributed by atoms with van der Waals surface area (Å²) in [4.78, 5) is 23.0. The van der Waals surface area contributed by atoms with Crippen LogP contribution in [0.15, 0.2) is 53.4 Å². The molecule has 0 aliphatic carbocycles.